The van der Waals surface area contributed by atoms with Gasteiger partial charge in [0, 0.05) is 33.0 Å². The van der Waals surface area contributed by atoms with Gasteiger partial charge in [0.2, 0.25) is 0 Å². The number of allylic oxidation sites excluding steroid dienone is 8. The zero-order valence-electron chi connectivity index (χ0n) is 10.9. The molecule has 0 aromatic rings. The van der Waals surface area contributed by atoms with E-state index < -0.39 is 0 Å². The van der Waals surface area contributed by atoms with Crippen LogP contribution in [-0.2, 0) is 33.0 Å². The predicted molar refractivity (Wildman–Crippen MR) is 73.5 cm³/mol. The molecular weight excluding hydrogens is 310 g/mol. The van der Waals surface area contributed by atoms with Crippen molar-refractivity contribution in [3.05, 3.63) is 48.6 Å². The first-order valence-electron chi connectivity index (χ1n) is 6.60. The molecule has 0 saturated heterocycles. The van der Waals surface area contributed by atoms with Crippen molar-refractivity contribution in [1.29, 1.82) is 0 Å². The quantitative estimate of drug-likeness (QED) is 0.414. The molecule has 0 heterocycles. The van der Waals surface area contributed by atoms with Crippen molar-refractivity contribution >= 4 is 0 Å². The standard InChI is InChI=1S/2C8H12.2Ni/c2*1-2-4-6-8-7-5-3-1;;/h2*1-2,7-8H,3-6H2;;. The summed E-state index contributed by atoms with van der Waals surface area (Å²) in [6.07, 6.45) is 28.0. The molecule has 0 amide bonds. The van der Waals surface area contributed by atoms with Crippen molar-refractivity contribution in [3.8, 4) is 0 Å². The fourth-order valence-corrected chi connectivity index (χ4v) is 1.71. The first kappa shape index (κ1) is 20.3. The Labute approximate surface area is 133 Å². The SMILES string of the molecule is C1=CCCC=CCC1.C1=CCCC=CCC1.[Ni].[Ni]. The van der Waals surface area contributed by atoms with Crippen LogP contribution in [-0.4, -0.2) is 0 Å². The van der Waals surface area contributed by atoms with E-state index in [-0.39, 0.29) is 33.0 Å². The molecule has 2 aliphatic carbocycles. The minimum atomic E-state index is 0. The summed E-state index contributed by atoms with van der Waals surface area (Å²) in [6.45, 7) is 0. The van der Waals surface area contributed by atoms with Crippen molar-refractivity contribution in [2.24, 2.45) is 0 Å². The van der Waals surface area contributed by atoms with Crippen LogP contribution in [0.2, 0.25) is 0 Å². The van der Waals surface area contributed by atoms with Gasteiger partial charge in [0.25, 0.3) is 0 Å². The molecule has 0 bridgehead atoms. The van der Waals surface area contributed by atoms with Gasteiger partial charge in [-0.15, -0.1) is 0 Å². The molecule has 0 unspecified atom stereocenters. The molecule has 2 heteroatoms. The van der Waals surface area contributed by atoms with Crippen molar-refractivity contribution < 1.29 is 33.0 Å². The van der Waals surface area contributed by atoms with Crippen molar-refractivity contribution in [1.82, 2.24) is 0 Å². The van der Waals surface area contributed by atoms with E-state index in [1.807, 2.05) is 0 Å². The summed E-state index contributed by atoms with van der Waals surface area (Å²) in [6, 6.07) is 0. The molecule has 0 aliphatic heterocycles. The van der Waals surface area contributed by atoms with Gasteiger partial charge >= 0.3 is 0 Å². The molecule has 0 nitrogen and oxygen atoms in total. The van der Waals surface area contributed by atoms with Crippen LogP contribution in [0, 0.1) is 0 Å². The fraction of sp³-hybridized carbons (Fsp3) is 0.500. The van der Waals surface area contributed by atoms with Crippen molar-refractivity contribution in [3.63, 3.8) is 0 Å². The van der Waals surface area contributed by atoms with Gasteiger partial charge in [-0.25, -0.2) is 0 Å². The van der Waals surface area contributed by atoms with Crippen LogP contribution >= 0.6 is 0 Å². The molecule has 0 spiro atoms. The predicted octanol–water partition coefficient (Wildman–Crippen LogP) is 5.34. The minimum Gasteiger partial charge on any atom is -0.0882 e. The number of hydrogen-bond donors (Lipinski definition) is 0. The third kappa shape index (κ3) is 14.0. The second-order valence-electron chi connectivity index (χ2n) is 4.20. The van der Waals surface area contributed by atoms with E-state index in [0.717, 1.165) is 0 Å². The van der Waals surface area contributed by atoms with Crippen LogP contribution in [0.1, 0.15) is 51.4 Å². The molecule has 0 saturated carbocycles. The average Bonchev–Trinajstić information content (AvgIpc) is 2.15. The third-order valence-electron chi connectivity index (χ3n) is 2.67. The summed E-state index contributed by atoms with van der Waals surface area (Å²) >= 11 is 0. The van der Waals surface area contributed by atoms with Crippen LogP contribution in [0.5, 0.6) is 0 Å². The Morgan fingerprint density at radius 1 is 0.278 bits per heavy atom. The summed E-state index contributed by atoms with van der Waals surface area (Å²) < 4.78 is 0. The molecule has 0 aromatic carbocycles. The normalized spacial score (nSPS) is 17.8. The second-order valence-corrected chi connectivity index (χ2v) is 4.20. The maximum Gasteiger partial charge on any atom is 0 e. The van der Waals surface area contributed by atoms with Gasteiger partial charge < -0.3 is 0 Å². The zero-order chi connectivity index (χ0) is 11.3. The summed E-state index contributed by atoms with van der Waals surface area (Å²) in [5, 5.41) is 0. The van der Waals surface area contributed by atoms with Gasteiger partial charge in [-0.05, 0) is 51.4 Å². The summed E-state index contributed by atoms with van der Waals surface area (Å²) in [5.41, 5.74) is 0. The molecule has 108 valence electrons. The van der Waals surface area contributed by atoms with Crippen molar-refractivity contribution in [2.45, 2.75) is 51.4 Å². The van der Waals surface area contributed by atoms with E-state index in [0.29, 0.717) is 0 Å². The Kier molecular flexibility index (Phi) is 19.1. The molecule has 2 aliphatic rings. The van der Waals surface area contributed by atoms with E-state index >= 15 is 0 Å². The van der Waals surface area contributed by atoms with E-state index in [1.165, 1.54) is 51.4 Å². The van der Waals surface area contributed by atoms with Gasteiger partial charge in [0.1, 0.15) is 0 Å². The second kappa shape index (κ2) is 16.9. The summed E-state index contributed by atoms with van der Waals surface area (Å²) in [5.74, 6) is 0. The minimum absolute atomic E-state index is 0. The van der Waals surface area contributed by atoms with Crippen LogP contribution in [0.25, 0.3) is 0 Å². The van der Waals surface area contributed by atoms with E-state index in [4.69, 9.17) is 0 Å². The van der Waals surface area contributed by atoms with E-state index in [2.05, 4.69) is 48.6 Å². The van der Waals surface area contributed by atoms with Crippen LogP contribution in [0.15, 0.2) is 48.6 Å². The Hall–Kier alpha value is -0.0530. The topological polar surface area (TPSA) is 0 Å². The molecule has 0 N–H and O–H groups in total. The largest absolute Gasteiger partial charge is 0.0882 e. The molecule has 18 heavy (non-hydrogen) atoms. The fourth-order valence-electron chi connectivity index (χ4n) is 1.71. The van der Waals surface area contributed by atoms with Crippen LogP contribution in [0.3, 0.4) is 0 Å². The van der Waals surface area contributed by atoms with Crippen LogP contribution in [0.4, 0.5) is 0 Å². The Morgan fingerprint density at radius 2 is 0.389 bits per heavy atom. The average molecular weight is 334 g/mol. The molecule has 0 aromatic heterocycles. The van der Waals surface area contributed by atoms with Gasteiger partial charge in [0.15, 0.2) is 0 Å². The molecular formula is C16H24Ni2. The Bertz CT molecular complexity index is 182. The Morgan fingerprint density at radius 3 is 0.500 bits per heavy atom. The van der Waals surface area contributed by atoms with Crippen LogP contribution < -0.4 is 0 Å². The first-order chi connectivity index (χ1) is 8.00. The van der Waals surface area contributed by atoms with Crippen molar-refractivity contribution in [2.75, 3.05) is 0 Å². The third-order valence-corrected chi connectivity index (χ3v) is 2.67. The van der Waals surface area contributed by atoms with E-state index in [1.54, 1.807) is 0 Å². The molecule has 0 atom stereocenters. The molecule has 2 rings (SSSR count). The van der Waals surface area contributed by atoms with E-state index in [9.17, 15) is 0 Å². The number of hydrogen-bond acceptors (Lipinski definition) is 0. The van der Waals surface area contributed by atoms with Gasteiger partial charge in [-0.3, -0.25) is 0 Å². The van der Waals surface area contributed by atoms with Gasteiger partial charge in [-0.1, -0.05) is 48.6 Å². The summed E-state index contributed by atoms with van der Waals surface area (Å²) in [4.78, 5) is 0. The maximum absolute atomic E-state index is 2.27. The monoisotopic (exact) mass is 332 g/mol. The number of rotatable bonds is 0. The molecule has 0 fully saturated rings. The maximum atomic E-state index is 2.27. The first-order valence-corrected chi connectivity index (χ1v) is 6.60. The van der Waals surface area contributed by atoms with Gasteiger partial charge in [0.05, 0.1) is 0 Å². The smallest absolute Gasteiger partial charge is 0 e. The summed E-state index contributed by atoms with van der Waals surface area (Å²) in [7, 11) is 0. The molecule has 0 radical (unpaired) electrons. The zero-order valence-corrected chi connectivity index (χ0v) is 12.9. The Balaban J connectivity index is 0. The van der Waals surface area contributed by atoms with Gasteiger partial charge in [-0.2, -0.15) is 0 Å².